The standard InChI is InChI=1S/C10H14N2O4/c1-10(2,3)7-5-6(12(14)15)8(11-7)9(13)16-4/h5,11H,1-4H3. The molecule has 1 heterocycles. The van der Waals surface area contributed by atoms with E-state index in [0.717, 1.165) is 0 Å². The second kappa shape index (κ2) is 3.96. The summed E-state index contributed by atoms with van der Waals surface area (Å²) in [7, 11) is 1.18. The third-order valence-corrected chi connectivity index (χ3v) is 2.19. The summed E-state index contributed by atoms with van der Waals surface area (Å²) in [6.45, 7) is 5.68. The van der Waals surface area contributed by atoms with Crippen LogP contribution in [0, 0.1) is 10.1 Å². The maximum absolute atomic E-state index is 11.3. The van der Waals surface area contributed by atoms with Crippen molar-refractivity contribution in [1.82, 2.24) is 4.98 Å². The molecule has 0 saturated carbocycles. The van der Waals surface area contributed by atoms with Gasteiger partial charge in [0.05, 0.1) is 12.0 Å². The van der Waals surface area contributed by atoms with Crippen molar-refractivity contribution in [2.24, 2.45) is 0 Å². The number of nitrogens with zero attached hydrogens (tertiary/aromatic N) is 1. The van der Waals surface area contributed by atoms with Crippen molar-refractivity contribution in [2.45, 2.75) is 26.2 Å². The van der Waals surface area contributed by atoms with Crippen LogP contribution in [-0.4, -0.2) is 23.0 Å². The van der Waals surface area contributed by atoms with Crippen LogP contribution < -0.4 is 0 Å². The Morgan fingerprint density at radius 2 is 2.06 bits per heavy atom. The van der Waals surface area contributed by atoms with Gasteiger partial charge in [0.25, 0.3) is 0 Å². The quantitative estimate of drug-likeness (QED) is 0.474. The zero-order valence-corrected chi connectivity index (χ0v) is 9.66. The van der Waals surface area contributed by atoms with Gasteiger partial charge in [-0.1, -0.05) is 20.8 Å². The van der Waals surface area contributed by atoms with Gasteiger partial charge in [0.1, 0.15) is 0 Å². The van der Waals surface area contributed by atoms with Gasteiger partial charge in [0, 0.05) is 17.2 Å². The van der Waals surface area contributed by atoms with E-state index < -0.39 is 10.9 Å². The fraction of sp³-hybridized carbons (Fsp3) is 0.500. The average Bonchev–Trinajstić information content (AvgIpc) is 2.60. The van der Waals surface area contributed by atoms with Gasteiger partial charge in [-0.15, -0.1) is 0 Å². The van der Waals surface area contributed by atoms with Crippen LogP contribution in [0.4, 0.5) is 5.69 Å². The predicted molar refractivity (Wildman–Crippen MR) is 57.5 cm³/mol. The van der Waals surface area contributed by atoms with E-state index in [1.54, 1.807) is 0 Å². The van der Waals surface area contributed by atoms with Crippen molar-refractivity contribution in [2.75, 3.05) is 7.11 Å². The lowest BCUT2D eigenvalue weighted by molar-refractivity contribution is -0.385. The smallest absolute Gasteiger partial charge is 0.361 e. The molecule has 0 unspecified atom stereocenters. The molecule has 0 bridgehead atoms. The molecule has 1 rings (SSSR count). The van der Waals surface area contributed by atoms with E-state index in [1.807, 2.05) is 20.8 Å². The Labute approximate surface area is 92.8 Å². The van der Waals surface area contributed by atoms with E-state index in [0.29, 0.717) is 5.69 Å². The van der Waals surface area contributed by atoms with Crippen LogP contribution in [0.3, 0.4) is 0 Å². The summed E-state index contributed by atoms with van der Waals surface area (Å²) in [5.41, 5.74) is -0.0365. The predicted octanol–water partition coefficient (Wildman–Crippen LogP) is 2.01. The molecule has 88 valence electrons. The van der Waals surface area contributed by atoms with Gasteiger partial charge in [-0.2, -0.15) is 0 Å². The Morgan fingerprint density at radius 1 is 1.50 bits per heavy atom. The van der Waals surface area contributed by atoms with Crippen LogP contribution in [0.15, 0.2) is 6.07 Å². The van der Waals surface area contributed by atoms with Crippen molar-refractivity contribution < 1.29 is 14.5 Å². The van der Waals surface area contributed by atoms with Gasteiger partial charge in [0.2, 0.25) is 5.69 Å². The number of rotatable bonds is 2. The van der Waals surface area contributed by atoms with Crippen molar-refractivity contribution >= 4 is 11.7 Å². The fourth-order valence-electron chi connectivity index (χ4n) is 1.25. The normalized spacial score (nSPS) is 11.2. The van der Waals surface area contributed by atoms with Crippen LogP contribution in [0.2, 0.25) is 0 Å². The highest BCUT2D eigenvalue weighted by Gasteiger charge is 2.28. The van der Waals surface area contributed by atoms with Gasteiger partial charge >= 0.3 is 11.7 Å². The van der Waals surface area contributed by atoms with Gasteiger partial charge in [-0.25, -0.2) is 4.79 Å². The van der Waals surface area contributed by atoms with Crippen molar-refractivity contribution in [3.8, 4) is 0 Å². The molecule has 6 heteroatoms. The first-order valence-electron chi connectivity index (χ1n) is 4.73. The fourth-order valence-corrected chi connectivity index (χ4v) is 1.25. The summed E-state index contributed by atoms with van der Waals surface area (Å²) < 4.78 is 4.48. The molecule has 0 aliphatic rings. The molecule has 0 radical (unpaired) electrons. The number of aromatic nitrogens is 1. The first kappa shape index (κ1) is 12.2. The molecule has 0 atom stereocenters. The van der Waals surface area contributed by atoms with E-state index in [1.165, 1.54) is 13.2 Å². The zero-order chi connectivity index (χ0) is 12.5. The van der Waals surface area contributed by atoms with E-state index in [-0.39, 0.29) is 16.8 Å². The molecule has 0 saturated heterocycles. The summed E-state index contributed by atoms with van der Waals surface area (Å²) in [6, 6.07) is 1.37. The zero-order valence-electron chi connectivity index (χ0n) is 9.66. The highest BCUT2D eigenvalue weighted by atomic mass is 16.6. The number of H-pyrrole nitrogens is 1. The molecule has 0 spiro atoms. The number of hydrogen-bond donors (Lipinski definition) is 1. The maximum Gasteiger partial charge on any atom is 0.361 e. The monoisotopic (exact) mass is 226 g/mol. The van der Waals surface area contributed by atoms with Crippen molar-refractivity contribution in [1.29, 1.82) is 0 Å². The molecule has 0 amide bonds. The molecule has 1 aromatic rings. The van der Waals surface area contributed by atoms with Crippen molar-refractivity contribution in [3.63, 3.8) is 0 Å². The highest BCUT2D eigenvalue weighted by Crippen LogP contribution is 2.28. The second-order valence-corrected chi connectivity index (χ2v) is 4.44. The lowest BCUT2D eigenvalue weighted by Gasteiger charge is -2.15. The number of nitrogens with one attached hydrogen (secondary N) is 1. The topological polar surface area (TPSA) is 85.2 Å². The van der Waals surface area contributed by atoms with Gasteiger partial charge in [-0.05, 0) is 0 Å². The van der Waals surface area contributed by atoms with E-state index in [4.69, 9.17) is 0 Å². The lowest BCUT2D eigenvalue weighted by atomic mass is 9.92. The van der Waals surface area contributed by atoms with Crippen LogP contribution in [0.25, 0.3) is 0 Å². The SMILES string of the molecule is COC(=O)c1[nH]c(C(C)(C)C)cc1[N+](=O)[O-]. The number of ether oxygens (including phenoxy) is 1. The molecule has 1 aromatic heterocycles. The molecular weight excluding hydrogens is 212 g/mol. The summed E-state index contributed by atoms with van der Waals surface area (Å²) in [6.07, 6.45) is 0. The van der Waals surface area contributed by atoms with Crippen LogP contribution in [0.5, 0.6) is 0 Å². The molecular formula is C10H14N2O4. The lowest BCUT2D eigenvalue weighted by Crippen LogP contribution is -2.12. The number of carbonyl (C=O) groups is 1. The Hall–Kier alpha value is -1.85. The summed E-state index contributed by atoms with van der Waals surface area (Å²) in [4.78, 5) is 24.2. The Balaban J connectivity index is 3.32. The first-order valence-corrected chi connectivity index (χ1v) is 4.73. The van der Waals surface area contributed by atoms with E-state index in [9.17, 15) is 14.9 Å². The van der Waals surface area contributed by atoms with Gasteiger partial charge in [-0.3, -0.25) is 10.1 Å². The van der Waals surface area contributed by atoms with Crippen molar-refractivity contribution in [3.05, 3.63) is 27.6 Å². The largest absolute Gasteiger partial charge is 0.464 e. The summed E-state index contributed by atoms with van der Waals surface area (Å²) >= 11 is 0. The van der Waals surface area contributed by atoms with Crippen LogP contribution in [-0.2, 0) is 10.2 Å². The molecule has 16 heavy (non-hydrogen) atoms. The molecule has 0 fully saturated rings. The molecule has 1 N–H and O–H groups in total. The number of aromatic amines is 1. The third kappa shape index (κ3) is 2.21. The highest BCUT2D eigenvalue weighted by molar-refractivity contribution is 5.92. The third-order valence-electron chi connectivity index (χ3n) is 2.19. The number of nitro groups is 1. The molecule has 6 nitrogen and oxygen atoms in total. The number of hydrogen-bond acceptors (Lipinski definition) is 4. The van der Waals surface area contributed by atoms with Crippen LogP contribution >= 0.6 is 0 Å². The maximum atomic E-state index is 11.3. The molecule has 0 aliphatic heterocycles. The molecule has 0 aliphatic carbocycles. The summed E-state index contributed by atoms with van der Waals surface area (Å²) in [5.74, 6) is -0.734. The number of methoxy groups -OCH3 is 1. The summed E-state index contributed by atoms with van der Waals surface area (Å²) in [5, 5.41) is 10.8. The molecule has 0 aromatic carbocycles. The Morgan fingerprint density at radius 3 is 2.44 bits per heavy atom. The minimum Gasteiger partial charge on any atom is -0.464 e. The Kier molecular flexibility index (Phi) is 3.02. The number of esters is 1. The van der Waals surface area contributed by atoms with Crippen LogP contribution in [0.1, 0.15) is 37.0 Å². The minimum atomic E-state index is -0.734. The van der Waals surface area contributed by atoms with E-state index >= 15 is 0 Å². The van der Waals surface area contributed by atoms with Gasteiger partial charge < -0.3 is 9.72 Å². The average molecular weight is 226 g/mol. The Bertz CT molecular complexity index is 429. The minimum absolute atomic E-state index is 0.113. The first-order chi connectivity index (χ1) is 7.27. The number of carbonyl (C=O) groups excluding carboxylic acids is 1. The van der Waals surface area contributed by atoms with E-state index in [2.05, 4.69) is 9.72 Å². The van der Waals surface area contributed by atoms with Gasteiger partial charge in [0.15, 0.2) is 0 Å². The second-order valence-electron chi connectivity index (χ2n) is 4.44.